The first kappa shape index (κ1) is 16.6. The molecule has 2 aromatic carbocycles. The Morgan fingerprint density at radius 2 is 1.87 bits per heavy atom. The Hall–Kier alpha value is -2.76. The number of nitrogens with zero attached hydrogens (tertiary/aromatic N) is 1. The van der Waals surface area contributed by atoms with E-state index in [2.05, 4.69) is 10.5 Å². The molecule has 6 heteroatoms. The monoisotopic (exact) mass is 318 g/mol. The number of carbonyl (C=O) groups is 1. The minimum absolute atomic E-state index is 0.250. The minimum atomic E-state index is -0.755. The number of hydrogen-bond donors (Lipinski definition) is 1. The van der Waals surface area contributed by atoms with E-state index in [1.807, 2.05) is 26.0 Å². The van der Waals surface area contributed by atoms with Gasteiger partial charge in [-0.05, 0) is 49.2 Å². The molecule has 0 heterocycles. The summed E-state index contributed by atoms with van der Waals surface area (Å²) in [6.07, 6.45) is 0.915. The van der Waals surface area contributed by atoms with Crippen molar-refractivity contribution in [3.8, 4) is 5.75 Å². The second-order valence-corrected chi connectivity index (χ2v) is 4.96. The fraction of sp³-hybridized carbons (Fsp3) is 0.176. The SMILES string of the molecule is Cc1ccc(OCC(=O)N/N=C\c2c(F)cccc2F)cc1C. The standard InChI is InChI=1S/C17H16F2N2O2/c1-11-6-7-13(8-12(11)2)23-10-17(22)21-20-9-14-15(18)4-3-5-16(14)19/h3-9H,10H2,1-2H3,(H,21,22)/b20-9-. The summed E-state index contributed by atoms with van der Waals surface area (Å²) in [5.41, 5.74) is 4.01. The molecular weight excluding hydrogens is 302 g/mol. The first-order valence-corrected chi connectivity index (χ1v) is 6.93. The molecule has 120 valence electrons. The third-order valence-electron chi connectivity index (χ3n) is 3.23. The Bertz CT molecular complexity index is 725. The van der Waals surface area contributed by atoms with Crippen molar-refractivity contribution in [2.24, 2.45) is 5.10 Å². The van der Waals surface area contributed by atoms with E-state index in [1.54, 1.807) is 6.07 Å². The molecule has 0 saturated heterocycles. The van der Waals surface area contributed by atoms with Gasteiger partial charge in [0.15, 0.2) is 6.61 Å². The molecule has 23 heavy (non-hydrogen) atoms. The molecule has 2 aromatic rings. The molecular formula is C17H16F2N2O2. The van der Waals surface area contributed by atoms with Gasteiger partial charge in [-0.2, -0.15) is 5.10 Å². The van der Waals surface area contributed by atoms with E-state index in [-0.39, 0.29) is 12.2 Å². The molecule has 0 aliphatic carbocycles. The second-order valence-electron chi connectivity index (χ2n) is 4.96. The van der Waals surface area contributed by atoms with Gasteiger partial charge in [0.1, 0.15) is 17.4 Å². The molecule has 0 saturated carbocycles. The highest BCUT2D eigenvalue weighted by Crippen LogP contribution is 2.16. The molecule has 0 fully saturated rings. The number of hydrogen-bond acceptors (Lipinski definition) is 3. The fourth-order valence-electron chi connectivity index (χ4n) is 1.79. The first-order chi connectivity index (χ1) is 11.0. The van der Waals surface area contributed by atoms with E-state index in [4.69, 9.17) is 4.74 Å². The van der Waals surface area contributed by atoms with Crippen LogP contribution in [0.1, 0.15) is 16.7 Å². The van der Waals surface area contributed by atoms with Crippen LogP contribution >= 0.6 is 0 Å². The molecule has 4 nitrogen and oxygen atoms in total. The number of carbonyl (C=O) groups excluding carboxylic acids is 1. The number of hydrazone groups is 1. The van der Waals surface area contributed by atoms with Gasteiger partial charge in [0, 0.05) is 0 Å². The lowest BCUT2D eigenvalue weighted by Crippen LogP contribution is -2.24. The van der Waals surface area contributed by atoms with Crippen LogP contribution in [0.15, 0.2) is 41.5 Å². The van der Waals surface area contributed by atoms with Crippen LogP contribution in [0.4, 0.5) is 8.78 Å². The predicted molar refractivity (Wildman–Crippen MR) is 83.5 cm³/mol. The van der Waals surface area contributed by atoms with Crippen molar-refractivity contribution in [2.75, 3.05) is 6.61 Å². The predicted octanol–water partition coefficient (Wildman–Crippen LogP) is 3.11. The van der Waals surface area contributed by atoms with E-state index in [0.717, 1.165) is 29.5 Å². The summed E-state index contributed by atoms with van der Waals surface area (Å²) < 4.78 is 32.0. The number of nitrogens with one attached hydrogen (secondary N) is 1. The Morgan fingerprint density at radius 3 is 2.52 bits per heavy atom. The van der Waals surface area contributed by atoms with Gasteiger partial charge in [0.05, 0.1) is 11.8 Å². The van der Waals surface area contributed by atoms with E-state index < -0.39 is 17.5 Å². The van der Waals surface area contributed by atoms with Crippen molar-refractivity contribution in [3.05, 3.63) is 64.7 Å². The lowest BCUT2D eigenvalue weighted by atomic mass is 10.1. The van der Waals surface area contributed by atoms with Crippen LogP contribution in [0.3, 0.4) is 0 Å². The summed E-state index contributed by atoms with van der Waals surface area (Å²) in [6, 6.07) is 8.93. The summed E-state index contributed by atoms with van der Waals surface area (Å²) in [4.78, 5) is 11.6. The average Bonchev–Trinajstić information content (AvgIpc) is 2.51. The van der Waals surface area contributed by atoms with Gasteiger partial charge < -0.3 is 4.74 Å². The molecule has 0 atom stereocenters. The molecule has 2 rings (SSSR count). The minimum Gasteiger partial charge on any atom is -0.484 e. The maximum absolute atomic E-state index is 13.3. The Labute approximate surface area is 132 Å². The van der Waals surface area contributed by atoms with Crippen LogP contribution in [-0.2, 0) is 4.79 Å². The Morgan fingerprint density at radius 1 is 1.17 bits per heavy atom. The lowest BCUT2D eigenvalue weighted by Gasteiger charge is -2.07. The van der Waals surface area contributed by atoms with Gasteiger partial charge >= 0.3 is 0 Å². The highest BCUT2D eigenvalue weighted by molar-refractivity contribution is 5.83. The van der Waals surface area contributed by atoms with Gasteiger partial charge in [0.25, 0.3) is 5.91 Å². The third-order valence-corrected chi connectivity index (χ3v) is 3.23. The highest BCUT2D eigenvalue weighted by Gasteiger charge is 2.06. The summed E-state index contributed by atoms with van der Waals surface area (Å²) >= 11 is 0. The van der Waals surface area contributed by atoms with Gasteiger partial charge in [-0.3, -0.25) is 4.79 Å². The summed E-state index contributed by atoms with van der Waals surface area (Å²) in [5.74, 6) is -1.48. The quantitative estimate of drug-likeness (QED) is 0.680. The molecule has 1 N–H and O–H groups in total. The molecule has 0 bridgehead atoms. The third kappa shape index (κ3) is 4.60. The van der Waals surface area contributed by atoms with E-state index in [1.165, 1.54) is 6.07 Å². The highest BCUT2D eigenvalue weighted by atomic mass is 19.1. The molecule has 0 spiro atoms. The van der Waals surface area contributed by atoms with Crippen LogP contribution in [0.2, 0.25) is 0 Å². The van der Waals surface area contributed by atoms with Gasteiger partial charge in [-0.1, -0.05) is 12.1 Å². The molecule has 0 aliphatic heterocycles. The van der Waals surface area contributed by atoms with Crippen LogP contribution in [-0.4, -0.2) is 18.7 Å². The van der Waals surface area contributed by atoms with Crippen molar-refractivity contribution in [2.45, 2.75) is 13.8 Å². The smallest absolute Gasteiger partial charge is 0.277 e. The lowest BCUT2D eigenvalue weighted by molar-refractivity contribution is -0.123. The molecule has 0 aromatic heterocycles. The maximum atomic E-state index is 13.3. The summed E-state index contributed by atoms with van der Waals surface area (Å²) in [6.45, 7) is 3.66. The number of ether oxygens (including phenoxy) is 1. The number of halogens is 2. The summed E-state index contributed by atoms with van der Waals surface area (Å²) in [7, 11) is 0. The van der Waals surface area contributed by atoms with Crippen molar-refractivity contribution < 1.29 is 18.3 Å². The van der Waals surface area contributed by atoms with Crippen LogP contribution < -0.4 is 10.2 Å². The zero-order chi connectivity index (χ0) is 16.8. The van der Waals surface area contributed by atoms with E-state index in [0.29, 0.717) is 5.75 Å². The average molecular weight is 318 g/mol. The normalized spacial score (nSPS) is 10.8. The number of amides is 1. The molecule has 0 aliphatic rings. The van der Waals surface area contributed by atoms with Gasteiger partial charge in [-0.15, -0.1) is 0 Å². The largest absolute Gasteiger partial charge is 0.484 e. The molecule has 0 radical (unpaired) electrons. The number of aryl methyl sites for hydroxylation is 2. The van der Waals surface area contributed by atoms with Gasteiger partial charge in [-0.25, -0.2) is 14.2 Å². The zero-order valence-electron chi connectivity index (χ0n) is 12.8. The Kier molecular flexibility index (Phi) is 5.41. The topological polar surface area (TPSA) is 50.7 Å². The fourth-order valence-corrected chi connectivity index (χ4v) is 1.79. The maximum Gasteiger partial charge on any atom is 0.277 e. The first-order valence-electron chi connectivity index (χ1n) is 6.93. The second kappa shape index (κ2) is 7.49. The molecule has 0 unspecified atom stereocenters. The van der Waals surface area contributed by atoms with Crippen LogP contribution in [0.5, 0.6) is 5.75 Å². The van der Waals surface area contributed by atoms with Crippen molar-refractivity contribution in [1.82, 2.24) is 5.43 Å². The van der Waals surface area contributed by atoms with Gasteiger partial charge in [0.2, 0.25) is 0 Å². The summed E-state index contributed by atoms with van der Waals surface area (Å²) in [5, 5.41) is 3.52. The van der Waals surface area contributed by atoms with Crippen molar-refractivity contribution in [1.29, 1.82) is 0 Å². The van der Waals surface area contributed by atoms with Crippen molar-refractivity contribution in [3.63, 3.8) is 0 Å². The van der Waals surface area contributed by atoms with Crippen molar-refractivity contribution >= 4 is 12.1 Å². The zero-order valence-corrected chi connectivity index (χ0v) is 12.8. The number of benzene rings is 2. The van der Waals surface area contributed by atoms with Crippen LogP contribution in [0.25, 0.3) is 0 Å². The van der Waals surface area contributed by atoms with Crippen LogP contribution in [0, 0.1) is 25.5 Å². The Balaban J connectivity index is 1.87. The number of rotatable bonds is 5. The molecule has 1 amide bonds. The van der Waals surface area contributed by atoms with E-state index in [9.17, 15) is 13.6 Å². The van der Waals surface area contributed by atoms with E-state index >= 15 is 0 Å².